The molecule has 0 heterocycles. The predicted molar refractivity (Wildman–Crippen MR) is 120 cm³/mol. The number of aliphatic hydroxyl groups excluding tert-OH is 2. The quantitative estimate of drug-likeness (QED) is 0.570. The highest BCUT2D eigenvalue weighted by molar-refractivity contribution is 5.38. The minimum Gasteiger partial charge on any atom is -0.393 e. The summed E-state index contributed by atoms with van der Waals surface area (Å²) in [7, 11) is 0. The van der Waals surface area contributed by atoms with Gasteiger partial charge in [0, 0.05) is 0 Å². The summed E-state index contributed by atoms with van der Waals surface area (Å²) in [5.41, 5.74) is 3.92. The molecule has 2 nitrogen and oxygen atoms in total. The molecule has 9 atom stereocenters. The molecule has 2 heteroatoms. The van der Waals surface area contributed by atoms with Crippen LogP contribution in [-0.4, -0.2) is 22.4 Å². The molecule has 164 valence electrons. The Kier molecular flexibility index (Phi) is 5.84. The number of hydrogen-bond donors (Lipinski definition) is 2. The fourth-order valence-corrected chi connectivity index (χ4v) is 8.01. The molecule has 3 fully saturated rings. The molecule has 4 rings (SSSR count). The van der Waals surface area contributed by atoms with E-state index in [0.717, 1.165) is 43.9 Å². The van der Waals surface area contributed by atoms with Gasteiger partial charge in [0.05, 0.1) is 12.2 Å². The lowest BCUT2D eigenvalue weighted by molar-refractivity contribution is 0.0175. The Hall–Kier alpha value is -0.600. The van der Waals surface area contributed by atoms with E-state index in [4.69, 9.17) is 0 Å². The van der Waals surface area contributed by atoms with Crippen molar-refractivity contribution in [1.29, 1.82) is 0 Å². The maximum atomic E-state index is 10.7. The van der Waals surface area contributed by atoms with Gasteiger partial charge in [0.2, 0.25) is 0 Å². The predicted octanol–water partition coefficient (Wildman–Crippen LogP) is 6.28. The minimum absolute atomic E-state index is 0.133. The van der Waals surface area contributed by atoms with Crippen LogP contribution in [0.5, 0.6) is 0 Å². The summed E-state index contributed by atoms with van der Waals surface area (Å²) in [6.45, 7) is 11.9. The monoisotopic (exact) mass is 400 g/mol. The highest BCUT2D eigenvalue weighted by Gasteiger charge is 2.57. The lowest BCUT2D eigenvalue weighted by atomic mass is 9.50. The maximum absolute atomic E-state index is 10.7. The maximum Gasteiger partial charge on any atom is 0.0578 e. The van der Waals surface area contributed by atoms with Gasteiger partial charge in [-0.15, -0.1) is 0 Å². The lowest BCUT2D eigenvalue weighted by Crippen LogP contribution is -2.46. The number of rotatable bonds is 5. The number of hydrogen-bond acceptors (Lipinski definition) is 2. The molecule has 29 heavy (non-hydrogen) atoms. The highest BCUT2D eigenvalue weighted by Crippen LogP contribution is 2.66. The molecule has 0 aromatic rings. The Morgan fingerprint density at radius 2 is 1.79 bits per heavy atom. The Bertz CT molecular complexity index is 678. The number of fused-ring (bicyclic) bond motifs is 5. The van der Waals surface area contributed by atoms with Crippen LogP contribution in [0.4, 0.5) is 0 Å². The van der Waals surface area contributed by atoms with Gasteiger partial charge >= 0.3 is 0 Å². The molecule has 0 spiro atoms. The first-order chi connectivity index (χ1) is 13.7. The number of allylic oxidation sites excluding steroid dienone is 3. The van der Waals surface area contributed by atoms with E-state index in [1.165, 1.54) is 31.3 Å². The van der Waals surface area contributed by atoms with Crippen molar-refractivity contribution in [2.75, 3.05) is 0 Å². The molecule has 3 saturated carbocycles. The van der Waals surface area contributed by atoms with Crippen molar-refractivity contribution in [3.8, 4) is 0 Å². The smallest absolute Gasteiger partial charge is 0.0578 e. The fraction of sp³-hybridized carbons (Fsp3) is 0.852. The Morgan fingerprint density at radius 3 is 2.52 bits per heavy atom. The summed E-state index contributed by atoms with van der Waals surface area (Å²) >= 11 is 0. The van der Waals surface area contributed by atoms with E-state index >= 15 is 0 Å². The van der Waals surface area contributed by atoms with Crippen molar-refractivity contribution >= 4 is 0 Å². The molecule has 0 radical (unpaired) electrons. The van der Waals surface area contributed by atoms with Gasteiger partial charge in [-0.05, 0) is 91.8 Å². The van der Waals surface area contributed by atoms with Crippen LogP contribution in [0.1, 0.15) is 92.4 Å². The van der Waals surface area contributed by atoms with E-state index in [-0.39, 0.29) is 17.6 Å². The first kappa shape index (κ1) is 21.6. The normalized spacial score (nSPS) is 44.7. The Morgan fingerprint density at radius 1 is 1.03 bits per heavy atom. The second-order valence-electron chi connectivity index (χ2n) is 11.7. The Balaban J connectivity index is 1.55. The van der Waals surface area contributed by atoms with E-state index in [9.17, 15) is 10.2 Å². The van der Waals surface area contributed by atoms with Crippen molar-refractivity contribution < 1.29 is 10.2 Å². The zero-order chi connectivity index (χ0) is 21.0. The highest BCUT2D eigenvalue weighted by atomic mass is 16.3. The summed E-state index contributed by atoms with van der Waals surface area (Å²) in [6, 6.07) is 0. The average molecular weight is 401 g/mol. The van der Waals surface area contributed by atoms with Crippen LogP contribution in [0, 0.1) is 40.4 Å². The first-order valence-electron chi connectivity index (χ1n) is 12.5. The van der Waals surface area contributed by atoms with Crippen LogP contribution in [0.15, 0.2) is 23.3 Å². The summed E-state index contributed by atoms with van der Waals surface area (Å²) < 4.78 is 0. The van der Waals surface area contributed by atoms with Gasteiger partial charge < -0.3 is 10.2 Å². The summed E-state index contributed by atoms with van der Waals surface area (Å²) in [6.07, 6.45) is 14.9. The summed E-state index contributed by atoms with van der Waals surface area (Å²) in [4.78, 5) is 0. The molecule has 0 aromatic heterocycles. The molecule has 4 aliphatic carbocycles. The van der Waals surface area contributed by atoms with Gasteiger partial charge in [-0.1, -0.05) is 64.3 Å². The molecule has 2 N–H and O–H groups in total. The molecule has 0 bridgehead atoms. The molecule has 4 aliphatic rings. The van der Waals surface area contributed by atoms with E-state index in [1.807, 2.05) is 0 Å². The zero-order valence-electron chi connectivity index (χ0n) is 19.5. The topological polar surface area (TPSA) is 40.5 Å². The van der Waals surface area contributed by atoms with Gasteiger partial charge in [0.15, 0.2) is 0 Å². The van der Waals surface area contributed by atoms with Gasteiger partial charge in [-0.2, -0.15) is 0 Å². The molecule has 0 saturated heterocycles. The van der Waals surface area contributed by atoms with E-state index in [2.05, 4.69) is 46.8 Å². The first-order valence-corrected chi connectivity index (χ1v) is 12.5. The van der Waals surface area contributed by atoms with Crippen molar-refractivity contribution in [1.82, 2.24) is 0 Å². The number of aliphatic hydroxyl groups is 2. The van der Waals surface area contributed by atoms with Crippen molar-refractivity contribution in [3.05, 3.63) is 23.3 Å². The Labute approximate surface area is 178 Å². The zero-order valence-corrected chi connectivity index (χ0v) is 19.5. The third kappa shape index (κ3) is 3.47. The van der Waals surface area contributed by atoms with Crippen LogP contribution in [0.2, 0.25) is 0 Å². The van der Waals surface area contributed by atoms with Crippen LogP contribution >= 0.6 is 0 Å². The van der Waals surface area contributed by atoms with Crippen molar-refractivity contribution in [2.24, 2.45) is 40.4 Å². The molecule has 3 unspecified atom stereocenters. The summed E-state index contributed by atoms with van der Waals surface area (Å²) in [5, 5.41) is 20.9. The fourth-order valence-electron chi connectivity index (χ4n) is 8.01. The average Bonchev–Trinajstić information content (AvgIpc) is 3.05. The summed E-state index contributed by atoms with van der Waals surface area (Å²) in [5.74, 6) is 3.15. The minimum atomic E-state index is -0.152. The van der Waals surface area contributed by atoms with Crippen LogP contribution in [0.25, 0.3) is 0 Å². The molecular weight excluding hydrogens is 356 g/mol. The van der Waals surface area contributed by atoms with E-state index < -0.39 is 0 Å². The lowest BCUT2D eigenvalue weighted by Gasteiger charge is -2.55. The molecule has 0 amide bonds. The third-order valence-corrected chi connectivity index (χ3v) is 10.2. The van der Waals surface area contributed by atoms with Gasteiger partial charge in [-0.25, -0.2) is 0 Å². The second kappa shape index (κ2) is 7.83. The van der Waals surface area contributed by atoms with Gasteiger partial charge in [-0.3, -0.25) is 0 Å². The van der Waals surface area contributed by atoms with Gasteiger partial charge in [0.1, 0.15) is 0 Å². The largest absolute Gasteiger partial charge is 0.393 e. The molecule has 0 aliphatic heterocycles. The standard InChI is InChI=1S/C27H44O2/c1-6-17(2)25(29)15-18(3)22-9-10-23-21-8-7-19-16-20(28)11-13-26(19,4)24(21)12-14-27(22,23)5/h7-8,17-18,20,22-25,28-29H,6,9-16H2,1-5H3/t17-,18-,20+,22?,23?,24?,25+,26+,27-/m1/s1. The van der Waals surface area contributed by atoms with Crippen LogP contribution < -0.4 is 0 Å². The molecular formula is C27H44O2. The third-order valence-electron chi connectivity index (χ3n) is 10.2. The van der Waals surface area contributed by atoms with Crippen LogP contribution in [-0.2, 0) is 0 Å². The SMILES string of the molecule is CC[C@@H](C)[C@@H](O)C[C@@H](C)C1CCC2C3=CC=C4C[C@@H](O)CC[C@]4(C)C3CC[C@@]21C. The van der Waals surface area contributed by atoms with Crippen molar-refractivity contribution in [3.63, 3.8) is 0 Å². The van der Waals surface area contributed by atoms with Crippen LogP contribution in [0.3, 0.4) is 0 Å². The molecule has 0 aromatic carbocycles. The van der Waals surface area contributed by atoms with E-state index in [1.54, 1.807) is 5.57 Å². The van der Waals surface area contributed by atoms with Crippen molar-refractivity contribution in [2.45, 2.75) is 105 Å². The second-order valence-corrected chi connectivity index (χ2v) is 11.7. The van der Waals surface area contributed by atoms with E-state index in [0.29, 0.717) is 23.2 Å². The van der Waals surface area contributed by atoms with Gasteiger partial charge in [0.25, 0.3) is 0 Å².